The summed E-state index contributed by atoms with van der Waals surface area (Å²) in [6.45, 7) is 6.04. The third kappa shape index (κ3) is 2.17. The molecule has 2 saturated carbocycles. The van der Waals surface area contributed by atoms with Crippen LogP contribution in [0.3, 0.4) is 0 Å². The average Bonchev–Trinajstić information content (AvgIpc) is 2.89. The van der Waals surface area contributed by atoms with Crippen molar-refractivity contribution in [2.24, 2.45) is 11.8 Å². The molecule has 5 rings (SSSR count). The third-order valence-corrected chi connectivity index (χ3v) is 7.59. The number of aryl methyl sites for hydroxylation is 1. The van der Waals surface area contributed by atoms with Gasteiger partial charge in [0.25, 0.3) is 0 Å². The molecule has 1 spiro atoms. The van der Waals surface area contributed by atoms with Crippen molar-refractivity contribution in [3.63, 3.8) is 0 Å². The maximum atomic E-state index is 3.69. The molecular weight excluding hydrogens is 280 g/mol. The van der Waals surface area contributed by atoms with E-state index in [0.29, 0.717) is 5.41 Å². The third-order valence-electron chi connectivity index (χ3n) is 7.59. The van der Waals surface area contributed by atoms with Gasteiger partial charge in [0.15, 0.2) is 0 Å². The molecule has 3 fully saturated rings. The molecule has 1 aromatic rings. The fraction of sp³-hybridized carbons (Fsp3) is 0.714. The largest absolute Gasteiger partial charge is 0.384 e. The zero-order valence-electron chi connectivity index (χ0n) is 14.5. The Kier molecular flexibility index (Phi) is 3.27. The van der Waals surface area contributed by atoms with Crippen LogP contribution in [0.5, 0.6) is 0 Å². The number of benzene rings is 1. The number of likely N-dealkylation sites (tertiary alicyclic amines) is 1. The lowest BCUT2D eigenvalue weighted by Crippen LogP contribution is -2.57. The molecule has 1 unspecified atom stereocenters. The maximum Gasteiger partial charge on any atom is 0.0379 e. The lowest BCUT2D eigenvalue weighted by atomic mass is 9.61. The molecule has 23 heavy (non-hydrogen) atoms. The first-order valence-corrected chi connectivity index (χ1v) is 9.84. The van der Waals surface area contributed by atoms with E-state index in [-0.39, 0.29) is 0 Å². The number of nitrogens with one attached hydrogen (secondary N) is 1. The first kappa shape index (κ1) is 14.3. The number of piperidine rings is 1. The van der Waals surface area contributed by atoms with Crippen molar-refractivity contribution >= 4 is 5.69 Å². The standard InChI is InChI=1S/C21H30N2/c1-15-6-7-19-18(12-15)21(14-22-19)8-10-23(11-9-21)20-13-16-4-2-3-5-17(16)20/h6-7,12,16-17,20,22H,2-5,8-11,13-14H2,1H3/t16?,17-,20-/m1/s1. The Morgan fingerprint density at radius 3 is 2.78 bits per heavy atom. The normalized spacial score (nSPS) is 35.3. The molecule has 2 nitrogen and oxygen atoms in total. The van der Waals surface area contributed by atoms with E-state index in [0.717, 1.165) is 24.4 Å². The van der Waals surface area contributed by atoms with Crippen LogP contribution < -0.4 is 5.32 Å². The number of hydrogen-bond acceptors (Lipinski definition) is 2. The van der Waals surface area contributed by atoms with Gasteiger partial charge in [-0.2, -0.15) is 0 Å². The minimum absolute atomic E-state index is 0.424. The SMILES string of the molecule is Cc1ccc2c(c1)C1(CCN([C@@H]3CC4CCCC[C@H]43)CC1)CN2. The molecule has 1 N–H and O–H groups in total. The summed E-state index contributed by atoms with van der Waals surface area (Å²) in [5.41, 5.74) is 4.85. The Bertz CT molecular complexity index is 600. The quantitative estimate of drug-likeness (QED) is 0.830. The first-order chi connectivity index (χ1) is 11.3. The van der Waals surface area contributed by atoms with Gasteiger partial charge in [0.1, 0.15) is 0 Å². The van der Waals surface area contributed by atoms with E-state index in [1.165, 1.54) is 69.3 Å². The molecule has 2 heteroatoms. The van der Waals surface area contributed by atoms with Crippen LogP contribution in [0.1, 0.15) is 56.1 Å². The second kappa shape index (κ2) is 5.24. The van der Waals surface area contributed by atoms with Gasteiger partial charge in [0.2, 0.25) is 0 Å². The minimum Gasteiger partial charge on any atom is -0.384 e. The van der Waals surface area contributed by atoms with Crippen LogP contribution in [0, 0.1) is 18.8 Å². The summed E-state index contributed by atoms with van der Waals surface area (Å²) in [5, 5.41) is 3.69. The van der Waals surface area contributed by atoms with E-state index < -0.39 is 0 Å². The van der Waals surface area contributed by atoms with Gasteiger partial charge in [0.05, 0.1) is 0 Å². The van der Waals surface area contributed by atoms with Crippen LogP contribution in [0.2, 0.25) is 0 Å². The van der Waals surface area contributed by atoms with Gasteiger partial charge in [-0.05, 0) is 69.2 Å². The number of fused-ring (bicyclic) bond motifs is 3. The molecule has 0 amide bonds. The minimum atomic E-state index is 0.424. The van der Waals surface area contributed by atoms with E-state index in [2.05, 4.69) is 35.3 Å². The van der Waals surface area contributed by atoms with Gasteiger partial charge in [-0.15, -0.1) is 0 Å². The molecule has 2 heterocycles. The van der Waals surface area contributed by atoms with Gasteiger partial charge in [-0.3, -0.25) is 0 Å². The van der Waals surface area contributed by atoms with Crippen LogP contribution in [0.15, 0.2) is 18.2 Å². The van der Waals surface area contributed by atoms with E-state index in [4.69, 9.17) is 0 Å². The van der Waals surface area contributed by atoms with E-state index >= 15 is 0 Å². The maximum absolute atomic E-state index is 3.69. The van der Waals surface area contributed by atoms with Crippen molar-refractivity contribution < 1.29 is 0 Å². The van der Waals surface area contributed by atoms with Gasteiger partial charge in [-0.25, -0.2) is 0 Å². The molecule has 2 aliphatic heterocycles. The molecule has 124 valence electrons. The Hall–Kier alpha value is -1.02. The van der Waals surface area contributed by atoms with Gasteiger partial charge in [-0.1, -0.05) is 37.0 Å². The summed E-state index contributed by atoms with van der Waals surface area (Å²) in [4.78, 5) is 2.87. The fourth-order valence-corrected chi connectivity index (χ4v) is 6.08. The molecule has 1 aromatic carbocycles. The van der Waals surface area contributed by atoms with Gasteiger partial charge in [0, 0.05) is 23.7 Å². The molecule has 3 atom stereocenters. The Morgan fingerprint density at radius 2 is 1.96 bits per heavy atom. The summed E-state index contributed by atoms with van der Waals surface area (Å²) >= 11 is 0. The Morgan fingerprint density at radius 1 is 1.13 bits per heavy atom. The predicted octanol–water partition coefficient (Wildman–Crippen LogP) is 4.33. The van der Waals surface area contributed by atoms with E-state index in [1.54, 1.807) is 5.56 Å². The molecule has 0 radical (unpaired) electrons. The summed E-state index contributed by atoms with van der Waals surface area (Å²) < 4.78 is 0. The van der Waals surface area contributed by atoms with Gasteiger partial charge >= 0.3 is 0 Å². The molecular formula is C21H30N2. The molecule has 0 bridgehead atoms. The first-order valence-electron chi connectivity index (χ1n) is 9.84. The monoisotopic (exact) mass is 310 g/mol. The highest BCUT2D eigenvalue weighted by molar-refractivity contribution is 5.61. The van der Waals surface area contributed by atoms with Crippen molar-refractivity contribution in [3.8, 4) is 0 Å². The summed E-state index contributed by atoms with van der Waals surface area (Å²) in [6, 6.07) is 7.93. The number of anilines is 1. The van der Waals surface area contributed by atoms with Crippen molar-refractivity contribution in [1.29, 1.82) is 0 Å². The molecule has 2 aliphatic carbocycles. The Labute approximate surface area is 140 Å². The van der Waals surface area contributed by atoms with E-state index in [9.17, 15) is 0 Å². The van der Waals surface area contributed by atoms with Gasteiger partial charge < -0.3 is 10.2 Å². The number of hydrogen-bond donors (Lipinski definition) is 1. The van der Waals surface area contributed by atoms with Crippen molar-refractivity contribution in [3.05, 3.63) is 29.3 Å². The van der Waals surface area contributed by atoms with Crippen LogP contribution >= 0.6 is 0 Å². The van der Waals surface area contributed by atoms with Crippen LogP contribution in [-0.4, -0.2) is 30.6 Å². The summed E-state index contributed by atoms with van der Waals surface area (Å²) in [5.74, 6) is 2.13. The second-order valence-electron chi connectivity index (χ2n) is 8.73. The summed E-state index contributed by atoms with van der Waals surface area (Å²) in [6.07, 6.45) is 10.2. The summed E-state index contributed by atoms with van der Waals surface area (Å²) in [7, 11) is 0. The highest BCUT2D eigenvalue weighted by Gasteiger charge is 2.48. The number of nitrogens with zero attached hydrogens (tertiary/aromatic N) is 1. The smallest absolute Gasteiger partial charge is 0.0379 e. The molecule has 0 aromatic heterocycles. The average molecular weight is 310 g/mol. The highest BCUT2D eigenvalue weighted by atomic mass is 15.2. The highest BCUT2D eigenvalue weighted by Crippen LogP contribution is 2.50. The topological polar surface area (TPSA) is 15.3 Å². The second-order valence-corrected chi connectivity index (χ2v) is 8.73. The zero-order chi connectivity index (χ0) is 15.4. The predicted molar refractivity (Wildman–Crippen MR) is 96.0 cm³/mol. The van der Waals surface area contributed by atoms with Crippen LogP contribution in [0.25, 0.3) is 0 Å². The van der Waals surface area contributed by atoms with Crippen molar-refractivity contribution in [1.82, 2.24) is 4.90 Å². The Balaban J connectivity index is 1.30. The zero-order valence-corrected chi connectivity index (χ0v) is 14.5. The lowest BCUT2D eigenvalue weighted by molar-refractivity contribution is -0.0378. The molecule has 1 saturated heterocycles. The van der Waals surface area contributed by atoms with Crippen LogP contribution in [-0.2, 0) is 5.41 Å². The molecule has 4 aliphatic rings. The lowest BCUT2D eigenvalue weighted by Gasteiger charge is -2.55. The van der Waals surface area contributed by atoms with Crippen molar-refractivity contribution in [2.45, 2.75) is 63.3 Å². The van der Waals surface area contributed by atoms with Crippen molar-refractivity contribution in [2.75, 3.05) is 25.0 Å². The fourth-order valence-electron chi connectivity index (χ4n) is 6.08. The number of rotatable bonds is 1. The van der Waals surface area contributed by atoms with Crippen LogP contribution in [0.4, 0.5) is 5.69 Å². The van der Waals surface area contributed by atoms with E-state index in [1.807, 2.05) is 0 Å².